The van der Waals surface area contributed by atoms with Gasteiger partial charge in [0.1, 0.15) is 6.26 Å². The fraction of sp³-hybridized carbons (Fsp3) is 0.333. The minimum absolute atomic E-state index is 0.0187. The molecule has 2 aromatic heterocycles. The maximum atomic E-state index is 11.6. The third-order valence-corrected chi connectivity index (χ3v) is 3.22. The lowest BCUT2D eigenvalue weighted by atomic mass is 10.3. The summed E-state index contributed by atoms with van der Waals surface area (Å²) >= 11 is 1.70. The quantitative estimate of drug-likeness (QED) is 0.882. The lowest BCUT2D eigenvalue weighted by molar-refractivity contribution is -0.120. The molecule has 0 bridgehead atoms. The van der Waals surface area contributed by atoms with Gasteiger partial charge >= 0.3 is 0 Å². The molecule has 0 aliphatic rings. The molecule has 1 N–H and O–H groups in total. The van der Waals surface area contributed by atoms with Crippen LogP contribution >= 0.6 is 11.3 Å². The van der Waals surface area contributed by atoms with Crippen LogP contribution in [0.1, 0.15) is 16.5 Å². The third-order valence-electron chi connectivity index (χ3n) is 2.28. The number of oxazole rings is 1. The van der Waals surface area contributed by atoms with Gasteiger partial charge in [-0.2, -0.15) is 0 Å². The molecule has 90 valence electrons. The summed E-state index contributed by atoms with van der Waals surface area (Å²) in [5.74, 6) is 0.571. The molecule has 0 aliphatic heterocycles. The average molecular weight is 250 g/mol. The van der Waals surface area contributed by atoms with Crippen molar-refractivity contribution in [3.8, 4) is 0 Å². The highest BCUT2D eigenvalue weighted by Gasteiger charge is 2.06. The second kappa shape index (κ2) is 5.63. The predicted octanol–water partition coefficient (Wildman–Crippen LogP) is 1.95. The van der Waals surface area contributed by atoms with Crippen LogP contribution in [-0.4, -0.2) is 17.4 Å². The van der Waals surface area contributed by atoms with E-state index in [-0.39, 0.29) is 12.3 Å². The number of rotatable bonds is 5. The SMILES string of the molecule is Cc1nc(CC(=O)NCCc2cccs2)co1. The van der Waals surface area contributed by atoms with Gasteiger partial charge in [-0.15, -0.1) is 11.3 Å². The van der Waals surface area contributed by atoms with Crippen LogP contribution in [0.4, 0.5) is 0 Å². The second-order valence-electron chi connectivity index (χ2n) is 3.71. The van der Waals surface area contributed by atoms with Gasteiger partial charge in [0.15, 0.2) is 5.89 Å². The molecule has 0 spiro atoms. The highest BCUT2D eigenvalue weighted by Crippen LogP contribution is 2.08. The monoisotopic (exact) mass is 250 g/mol. The summed E-state index contributed by atoms with van der Waals surface area (Å²) in [7, 11) is 0. The Balaban J connectivity index is 1.71. The van der Waals surface area contributed by atoms with Crippen LogP contribution in [0.2, 0.25) is 0 Å². The Labute approximate surface area is 104 Å². The number of hydrogen-bond acceptors (Lipinski definition) is 4. The van der Waals surface area contributed by atoms with Crippen LogP contribution in [0, 0.1) is 6.92 Å². The highest BCUT2D eigenvalue weighted by molar-refractivity contribution is 7.09. The number of carbonyl (C=O) groups excluding carboxylic acids is 1. The summed E-state index contributed by atoms with van der Waals surface area (Å²) in [5, 5.41) is 4.90. The molecule has 4 nitrogen and oxygen atoms in total. The van der Waals surface area contributed by atoms with Crippen LogP contribution in [0.3, 0.4) is 0 Å². The summed E-state index contributed by atoms with van der Waals surface area (Å²) in [4.78, 5) is 16.9. The van der Waals surface area contributed by atoms with Crippen LogP contribution in [0.15, 0.2) is 28.2 Å². The van der Waals surface area contributed by atoms with E-state index in [9.17, 15) is 4.79 Å². The van der Waals surface area contributed by atoms with Crippen LogP contribution < -0.4 is 5.32 Å². The van der Waals surface area contributed by atoms with Crippen molar-refractivity contribution in [1.82, 2.24) is 10.3 Å². The Morgan fingerprint density at radius 3 is 3.12 bits per heavy atom. The molecular formula is C12H14N2O2S. The Morgan fingerprint density at radius 1 is 1.59 bits per heavy atom. The van der Waals surface area contributed by atoms with Crippen molar-refractivity contribution in [3.05, 3.63) is 40.2 Å². The first-order valence-electron chi connectivity index (χ1n) is 5.44. The van der Waals surface area contributed by atoms with Gasteiger partial charge in [-0.25, -0.2) is 4.98 Å². The zero-order chi connectivity index (χ0) is 12.1. The molecule has 5 heteroatoms. The van der Waals surface area contributed by atoms with E-state index in [1.54, 1.807) is 18.3 Å². The second-order valence-corrected chi connectivity index (χ2v) is 4.75. The van der Waals surface area contributed by atoms with E-state index in [0.717, 1.165) is 6.42 Å². The number of nitrogens with zero attached hydrogens (tertiary/aromatic N) is 1. The first kappa shape index (κ1) is 11.9. The van der Waals surface area contributed by atoms with Crippen molar-refractivity contribution in [2.75, 3.05) is 6.54 Å². The van der Waals surface area contributed by atoms with Gasteiger partial charge in [0.05, 0.1) is 12.1 Å². The fourth-order valence-electron chi connectivity index (χ4n) is 1.50. The Hall–Kier alpha value is -1.62. The first-order valence-corrected chi connectivity index (χ1v) is 6.32. The van der Waals surface area contributed by atoms with Gasteiger partial charge in [-0.3, -0.25) is 4.79 Å². The molecule has 17 heavy (non-hydrogen) atoms. The largest absolute Gasteiger partial charge is 0.449 e. The van der Waals surface area contributed by atoms with Gasteiger partial charge in [-0.1, -0.05) is 6.07 Å². The van der Waals surface area contributed by atoms with Crippen molar-refractivity contribution >= 4 is 17.2 Å². The average Bonchev–Trinajstić information content (AvgIpc) is 2.90. The van der Waals surface area contributed by atoms with E-state index in [4.69, 9.17) is 4.42 Å². The summed E-state index contributed by atoms with van der Waals surface area (Å²) < 4.78 is 5.04. The molecule has 0 radical (unpaired) electrons. The number of thiophene rings is 1. The summed E-state index contributed by atoms with van der Waals surface area (Å²) in [6.07, 6.45) is 2.68. The van der Waals surface area contributed by atoms with Crippen molar-refractivity contribution < 1.29 is 9.21 Å². The van der Waals surface area contributed by atoms with Crippen molar-refractivity contribution in [2.24, 2.45) is 0 Å². The maximum Gasteiger partial charge on any atom is 0.226 e. The molecule has 0 fully saturated rings. The topological polar surface area (TPSA) is 55.1 Å². The molecule has 0 atom stereocenters. The van der Waals surface area contributed by atoms with E-state index in [0.29, 0.717) is 18.1 Å². The molecule has 2 aromatic rings. The lowest BCUT2D eigenvalue weighted by Crippen LogP contribution is -2.27. The number of amides is 1. The summed E-state index contributed by atoms with van der Waals surface area (Å²) in [5.41, 5.74) is 0.677. The minimum atomic E-state index is -0.0187. The Kier molecular flexibility index (Phi) is 3.93. The third kappa shape index (κ3) is 3.71. The molecule has 0 aromatic carbocycles. The maximum absolute atomic E-state index is 11.6. The summed E-state index contributed by atoms with van der Waals surface area (Å²) in [6.45, 7) is 2.42. The number of carbonyl (C=O) groups is 1. The smallest absolute Gasteiger partial charge is 0.226 e. The fourth-order valence-corrected chi connectivity index (χ4v) is 2.21. The first-order chi connectivity index (χ1) is 8.24. The Bertz CT molecular complexity index is 476. The van der Waals surface area contributed by atoms with E-state index in [2.05, 4.69) is 16.4 Å². The number of hydrogen-bond donors (Lipinski definition) is 1. The standard InChI is InChI=1S/C12H14N2O2S/c1-9-14-10(8-16-9)7-12(15)13-5-4-11-3-2-6-17-11/h2-3,6,8H,4-5,7H2,1H3,(H,13,15). The van der Waals surface area contributed by atoms with E-state index in [1.165, 1.54) is 11.1 Å². The zero-order valence-electron chi connectivity index (χ0n) is 9.60. The van der Waals surface area contributed by atoms with E-state index >= 15 is 0 Å². The highest BCUT2D eigenvalue weighted by atomic mass is 32.1. The minimum Gasteiger partial charge on any atom is -0.449 e. The summed E-state index contributed by atoms with van der Waals surface area (Å²) in [6, 6.07) is 4.08. The van der Waals surface area contributed by atoms with Gasteiger partial charge < -0.3 is 9.73 Å². The molecule has 0 saturated heterocycles. The van der Waals surface area contributed by atoms with Gasteiger partial charge in [-0.05, 0) is 17.9 Å². The van der Waals surface area contributed by atoms with Gasteiger partial charge in [0.25, 0.3) is 0 Å². The molecule has 0 unspecified atom stereocenters. The van der Waals surface area contributed by atoms with Crippen molar-refractivity contribution in [2.45, 2.75) is 19.8 Å². The van der Waals surface area contributed by atoms with Crippen molar-refractivity contribution in [1.29, 1.82) is 0 Å². The van der Waals surface area contributed by atoms with Gasteiger partial charge in [0.2, 0.25) is 5.91 Å². The van der Waals surface area contributed by atoms with E-state index in [1.807, 2.05) is 11.4 Å². The molecule has 0 saturated carbocycles. The number of nitrogens with one attached hydrogen (secondary N) is 1. The predicted molar refractivity (Wildman–Crippen MR) is 66.0 cm³/mol. The number of aryl methyl sites for hydroxylation is 1. The van der Waals surface area contributed by atoms with Crippen LogP contribution in [0.25, 0.3) is 0 Å². The van der Waals surface area contributed by atoms with Crippen LogP contribution in [0.5, 0.6) is 0 Å². The zero-order valence-corrected chi connectivity index (χ0v) is 10.4. The molecule has 2 rings (SSSR count). The Morgan fingerprint density at radius 2 is 2.47 bits per heavy atom. The van der Waals surface area contributed by atoms with E-state index < -0.39 is 0 Å². The normalized spacial score (nSPS) is 10.4. The molecule has 1 amide bonds. The van der Waals surface area contributed by atoms with Crippen molar-refractivity contribution in [3.63, 3.8) is 0 Å². The number of aromatic nitrogens is 1. The lowest BCUT2D eigenvalue weighted by Gasteiger charge is -2.02. The van der Waals surface area contributed by atoms with Gasteiger partial charge in [0, 0.05) is 18.3 Å². The molecule has 2 heterocycles. The molecular weight excluding hydrogens is 236 g/mol. The molecule has 0 aliphatic carbocycles. The van der Waals surface area contributed by atoms with Crippen LogP contribution in [-0.2, 0) is 17.6 Å².